The van der Waals surface area contributed by atoms with E-state index in [9.17, 15) is 4.79 Å². The SMILES string of the molecule is O=C(NCC[NH+]1CCCCC1)c1ccccc1Cl. The van der Waals surface area contributed by atoms with E-state index in [1.54, 1.807) is 17.0 Å². The Kier molecular flexibility index (Phi) is 5.02. The first-order valence-corrected chi connectivity index (χ1v) is 7.01. The van der Waals surface area contributed by atoms with Gasteiger partial charge in [-0.25, -0.2) is 0 Å². The predicted octanol–water partition coefficient (Wildman–Crippen LogP) is 1.14. The van der Waals surface area contributed by atoms with Crippen LogP contribution in [0.25, 0.3) is 0 Å². The van der Waals surface area contributed by atoms with Crippen molar-refractivity contribution in [1.82, 2.24) is 5.32 Å². The molecule has 4 heteroatoms. The summed E-state index contributed by atoms with van der Waals surface area (Å²) in [4.78, 5) is 13.5. The van der Waals surface area contributed by atoms with Crippen LogP contribution in [0.5, 0.6) is 0 Å². The molecule has 1 saturated heterocycles. The maximum atomic E-state index is 11.9. The molecule has 1 aromatic carbocycles. The lowest BCUT2D eigenvalue weighted by atomic mass is 10.1. The van der Waals surface area contributed by atoms with Crippen molar-refractivity contribution in [3.8, 4) is 0 Å². The van der Waals surface area contributed by atoms with Gasteiger partial charge in [0.15, 0.2) is 0 Å². The van der Waals surface area contributed by atoms with E-state index >= 15 is 0 Å². The predicted molar refractivity (Wildman–Crippen MR) is 73.2 cm³/mol. The second-order valence-corrected chi connectivity index (χ2v) is 5.20. The van der Waals surface area contributed by atoms with Gasteiger partial charge in [-0.15, -0.1) is 0 Å². The zero-order valence-corrected chi connectivity index (χ0v) is 11.3. The van der Waals surface area contributed by atoms with Crippen LogP contribution < -0.4 is 10.2 Å². The molecule has 3 nitrogen and oxygen atoms in total. The third kappa shape index (κ3) is 3.72. The number of benzene rings is 1. The van der Waals surface area contributed by atoms with Crippen LogP contribution in [0.2, 0.25) is 5.02 Å². The van der Waals surface area contributed by atoms with Crippen LogP contribution in [-0.4, -0.2) is 32.1 Å². The van der Waals surface area contributed by atoms with Crippen molar-refractivity contribution >= 4 is 17.5 Å². The van der Waals surface area contributed by atoms with Gasteiger partial charge in [-0.2, -0.15) is 0 Å². The van der Waals surface area contributed by atoms with E-state index in [0.29, 0.717) is 10.6 Å². The summed E-state index contributed by atoms with van der Waals surface area (Å²) in [6.07, 6.45) is 3.98. The quantitative estimate of drug-likeness (QED) is 0.843. The fraction of sp³-hybridized carbons (Fsp3) is 0.500. The fourth-order valence-electron chi connectivity index (χ4n) is 2.40. The normalized spacial score (nSPS) is 16.5. The van der Waals surface area contributed by atoms with Crippen LogP contribution in [0.1, 0.15) is 29.6 Å². The van der Waals surface area contributed by atoms with E-state index in [2.05, 4.69) is 5.32 Å². The second-order valence-electron chi connectivity index (χ2n) is 4.80. The van der Waals surface area contributed by atoms with Gasteiger partial charge in [-0.05, 0) is 31.4 Å². The van der Waals surface area contributed by atoms with Crippen LogP contribution in [-0.2, 0) is 0 Å². The van der Waals surface area contributed by atoms with Gasteiger partial charge in [-0.3, -0.25) is 4.79 Å². The van der Waals surface area contributed by atoms with Crippen molar-refractivity contribution in [2.24, 2.45) is 0 Å². The number of rotatable bonds is 4. The molecule has 0 saturated carbocycles. The molecule has 0 bridgehead atoms. The molecular weight excluding hydrogens is 248 g/mol. The molecule has 1 fully saturated rings. The van der Waals surface area contributed by atoms with Gasteiger partial charge >= 0.3 is 0 Å². The number of hydrogen-bond acceptors (Lipinski definition) is 1. The molecule has 0 spiro atoms. The van der Waals surface area contributed by atoms with Crippen molar-refractivity contribution in [3.05, 3.63) is 34.9 Å². The van der Waals surface area contributed by atoms with Crippen LogP contribution in [0.4, 0.5) is 0 Å². The largest absolute Gasteiger partial charge is 0.346 e. The highest BCUT2D eigenvalue weighted by molar-refractivity contribution is 6.33. The molecule has 98 valence electrons. The Balaban J connectivity index is 1.76. The summed E-state index contributed by atoms with van der Waals surface area (Å²) < 4.78 is 0. The van der Waals surface area contributed by atoms with Crippen molar-refractivity contribution in [2.45, 2.75) is 19.3 Å². The summed E-state index contributed by atoms with van der Waals surface area (Å²) in [6.45, 7) is 4.21. The maximum Gasteiger partial charge on any atom is 0.253 e. The fourth-order valence-corrected chi connectivity index (χ4v) is 2.62. The molecule has 2 N–H and O–H groups in total. The number of likely N-dealkylation sites (tertiary alicyclic amines) is 1. The first kappa shape index (κ1) is 13.4. The average molecular weight is 268 g/mol. The van der Waals surface area contributed by atoms with Gasteiger partial charge in [0.25, 0.3) is 5.91 Å². The molecule has 0 radical (unpaired) electrons. The zero-order chi connectivity index (χ0) is 12.8. The van der Waals surface area contributed by atoms with E-state index in [1.165, 1.54) is 32.4 Å². The number of halogens is 1. The topological polar surface area (TPSA) is 33.5 Å². The van der Waals surface area contributed by atoms with Crippen LogP contribution in [0, 0.1) is 0 Å². The van der Waals surface area contributed by atoms with Gasteiger partial charge in [0.1, 0.15) is 0 Å². The number of carbonyl (C=O) groups is 1. The highest BCUT2D eigenvalue weighted by Crippen LogP contribution is 2.14. The molecule has 1 amide bonds. The third-order valence-electron chi connectivity index (χ3n) is 3.44. The Labute approximate surface area is 113 Å². The first-order chi connectivity index (χ1) is 8.77. The molecule has 0 aliphatic carbocycles. The minimum Gasteiger partial charge on any atom is -0.346 e. The van der Waals surface area contributed by atoms with Gasteiger partial charge in [0.05, 0.1) is 36.8 Å². The molecule has 1 aliphatic rings. The van der Waals surface area contributed by atoms with Crippen LogP contribution in [0.15, 0.2) is 24.3 Å². The first-order valence-electron chi connectivity index (χ1n) is 6.63. The van der Waals surface area contributed by atoms with Crippen molar-refractivity contribution < 1.29 is 9.69 Å². The Hall–Kier alpha value is -1.06. The number of carbonyl (C=O) groups excluding carboxylic acids is 1. The molecule has 0 aromatic heterocycles. The van der Waals surface area contributed by atoms with Crippen molar-refractivity contribution in [1.29, 1.82) is 0 Å². The Morgan fingerprint density at radius 2 is 1.94 bits per heavy atom. The third-order valence-corrected chi connectivity index (χ3v) is 3.77. The molecular formula is C14H20ClN2O+. The zero-order valence-electron chi connectivity index (χ0n) is 10.5. The standard InChI is InChI=1S/C14H19ClN2O/c15-13-7-3-2-6-12(13)14(18)16-8-11-17-9-4-1-5-10-17/h2-3,6-7H,1,4-5,8-11H2,(H,16,18)/p+1. The van der Waals surface area contributed by atoms with Crippen LogP contribution >= 0.6 is 11.6 Å². The van der Waals surface area contributed by atoms with Crippen molar-refractivity contribution in [2.75, 3.05) is 26.2 Å². The average Bonchev–Trinajstić information content (AvgIpc) is 2.40. The van der Waals surface area contributed by atoms with Gasteiger partial charge in [0.2, 0.25) is 0 Å². The summed E-state index contributed by atoms with van der Waals surface area (Å²) in [6, 6.07) is 7.16. The Morgan fingerprint density at radius 1 is 1.22 bits per heavy atom. The van der Waals surface area contributed by atoms with Gasteiger partial charge in [-0.1, -0.05) is 23.7 Å². The highest BCUT2D eigenvalue weighted by Gasteiger charge is 2.14. The summed E-state index contributed by atoms with van der Waals surface area (Å²) in [5, 5.41) is 3.46. The lowest BCUT2D eigenvalue weighted by Gasteiger charge is -2.23. The highest BCUT2D eigenvalue weighted by atomic mass is 35.5. The van der Waals surface area contributed by atoms with Gasteiger partial charge < -0.3 is 10.2 Å². The van der Waals surface area contributed by atoms with E-state index in [4.69, 9.17) is 11.6 Å². The lowest BCUT2D eigenvalue weighted by molar-refractivity contribution is -0.903. The molecule has 1 aromatic rings. The second kappa shape index (κ2) is 6.76. The van der Waals surface area contributed by atoms with Crippen molar-refractivity contribution in [3.63, 3.8) is 0 Å². The molecule has 1 heterocycles. The molecule has 0 unspecified atom stereocenters. The smallest absolute Gasteiger partial charge is 0.253 e. The van der Waals surface area contributed by atoms with E-state index < -0.39 is 0 Å². The number of amides is 1. The summed E-state index contributed by atoms with van der Waals surface area (Å²) in [5.74, 6) is -0.0722. The van der Waals surface area contributed by atoms with E-state index in [1.807, 2.05) is 12.1 Å². The number of nitrogens with one attached hydrogen (secondary N) is 2. The van der Waals surface area contributed by atoms with Crippen LogP contribution in [0.3, 0.4) is 0 Å². The minimum absolute atomic E-state index is 0.0722. The summed E-state index contributed by atoms with van der Waals surface area (Å²) >= 11 is 5.98. The molecule has 18 heavy (non-hydrogen) atoms. The number of hydrogen-bond donors (Lipinski definition) is 2. The Bertz CT molecular complexity index is 403. The summed E-state index contributed by atoms with van der Waals surface area (Å²) in [7, 11) is 0. The maximum absolute atomic E-state index is 11.9. The number of piperidine rings is 1. The lowest BCUT2D eigenvalue weighted by Crippen LogP contribution is -3.13. The van der Waals surface area contributed by atoms with Gasteiger partial charge in [0, 0.05) is 0 Å². The number of quaternary nitrogens is 1. The molecule has 1 aliphatic heterocycles. The van der Waals surface area contributed by atoms with E-state index in [-0.39, 0.29) is 5.91 Å². The summed E-state index contributed by atoms with van der Waals surface area (Å²) in [5.41, 5.74) is 0.563. The monoisotopic (exact) mass is 267 g/mol. The van der Waals surface area contributed by atoms with E-state index in [0.717, 1.165) is 13.1 Å². The minimum atomic E-state index is -0.0722. The molecule has 2 rings (SSSR count). The molecule has 0 atom stereocenters. The Morgan fingerprint density at radius 3 is 2.67 bits per heavy atom.